The lowest BCUT2D eigenvalue weighted by Gasteiger charge is -2.39. The summed E-state index contributed by atoms with van der Waals surface area (Å²) in [5.41, 5.74) is 0.663. The van der Waals surface area contributed by atoms with Crippen molar-refractivity contribution in [2.75, 3.05) is 33.3 Å². The summed E-state index contributed by atoms with van der Waals surface area (Å²) in [6.07, 6.45) is 2.27. The zero-order valence-corrected chi connectivity index (χ0v) is 19.3. The Kier molecular flexibility index (Phi) is 6.11. The fraction of sp³-hybridized carbons (Fsp3) is 0.478. The predicted octanol–water partition coefficient (Wildman–Crippen LogP) is 2.75. The van der Waals surface area contributed by atoms with E-state index in [0.29, 0.717) is 43.2 Å². The number of rotatable bonds is 4. The van der Waals surface area contributed by atoms with Crippen LogP contribution in [0.25, 0.3) is 0 Å². The van der Waals surface area contributed by atoms with Crippen molar-refractivity contribution in [1.82, 2.24) is 15.0 Å². The molecular formula is C23H26N4O7. The number of aryl methyl sites for hydroxylation is 2. The van der Waals surface area contributed by atoms with Crippen molar-refractivity contribution in [1.29, 1.82) is 0 Å². The van der Waals surface area contributed by atoms with Gasteiger partial charge in [0.1, 0.15) is 11.3 Å². The van der Waals surface area contributed by atoms with Gasteiger partial charge in [0.05, 0.1) is 23.3 Å². The van der Waals surface area contributed by atoms with Gasteiger partial charge in [-0.05, 0) is 44.6 Å². The summed E-state index contributed by atoms with van der Waals surface area (Å²) in [7, 11) is 1.18. The van der Waals surface area contributed by atoms with Crippen LogP contribution in [-0.4, -0.2) is 71.0 Å². The number of carbonyl (C=O) groups is 3. The van der Waals surface area contributed by atoms with E-state index >= 15 is 0 Å². The molecule has 0 radical (unpaired) electrons. The van der Waals surface area contributed by atoms with E-state index in [1.807, 2.05) is 0 Å². The zero-order valence-electron chi connectivity index (χ0n) is 19.3. The zero-order chi connectivity index (χ0) is 24.6. The molecule has 11 nitrogen and oxygen atoms in total. The van der Waals surface area contributed by atoms with Gasteiger partial charge in [0.25, 0.3) is 17.5 Å². The van der Waals surface area contributed by atoms with E-state index in [1.54, 1.807) is 23.6 Å². The maximum atomic E-state index is 13.2. The largest absolute Gasteiger partial charge is 0.465 e. The number of nitro benzene ring substituents is 1. The van der Waals surface area contributed by atoms with Crippen LogP contribution in [0.3, 0.4) is 0 Å². The van der Waals surface area contributed by atoms with Crippen molar-refractivity contribution in [3.8, 4) is 0 Å². The Morgan fingerprint density at radius 2 is 1.65 bits per heavy atom. The molecule has 1 aromatic carbocycles. The van der Waals surface area contributed by atoms with Gasteiger partial charge in [-0.3, -0.25) is 19.7 Å². The van der Waals surface area contributed by atoms with E-state index in [4.69, 9.17) is 4.52 Å². The quantitative estimate of drug-likeness (QED) is 0.378. The Morgan fingerprint density at radius 1 is 1.03 bits per heavy atom. The maximum absolute atomic E-state index is 13.2. The lowest BCUT2D eigenvalue weighted by molar-refractivity contribution is -0.384. The third-order valence-corrected chi connectivity index (χ3v) is 6.88. The summed E-state index contributed by atoms with van der Waals surface area (Å²) in [5.74, 6) is -0.696. The highest BCUT2D eigenvalue weighted by molar-refractivity contribution is 5.99. The van der Waals surface area contributed by atoms with Crippen LogP contribution in [0.4, 0.5) is 5.69 Å². The molecule has 0 N–H and O–H groups in total. The van der Waals surface area contributed by atoms with E-state index in [2.05, 4.69) is 9.89 Å². The average Bonchev–Trinajstić information content (AvgIpc) is 3.40. The molecule has 2 fully saturated rings. The molecule has 180 valence electrons. The fourth-order valence-electron chi connectivity index (χ4n) is 4.91. The molecule has 2 saturated heterocycles. The molecule has 4 rings (SSSR count). The first-order chi connectivity index (χ1) is 16.1. The van der Waals surface area contributed by atoms with Gasteiger partial charge in [-0.25, -0.2) is 4.79 Å². The molecule has 0 saturated carbocycles. The number of hydrogen-bond donors (Lipinski definition) is 0. The van der Waals surface area contributed by atoms with Crippen molar-refractivity contribution in [2.24, 2.45) is 5.41 Å². The number of hydrogen-bond acceptors (Lipinski definition) is 8. The number of carbonyl (C=O) groups excluding carboxylic acids is 3. The third-order valence-electron chi connectivity index (χ3n) is 6.88. The summed E-state index contributed by atoms with van der Waals surface area (Å²) in [6, 6.07) is 3.61. The van der Waals surface area contributed by atoms with Gasteiger partial charge in [0, 0.05) is 43.9 Å². The summed E-state index contributed by atoms with van der Waals surface area (Å²) in [4.78, 5) is 52.2. The van der Waals surface area contributed by atoms with Gasteiger partial charge in [-0.2, -0.15) is 0 Å². The SMILES string of the molecule is COC(=O)c1cc(C(=O)N2CCC3(CCN(C(=O)c4c(C)noc4C)CC3)C2)cc([N+](=O)[O-])c1. The number of methoxy groups -OCH3 is 1. The van der Waals surface area contributed by atoms with E-state index in [9.17, 15) is 24.5 Å². The van der Waals surface area contributed by atoms with E-state index in [1.165, 1.54) is 19.2 Å². The van der Waals surface area contributed by atoms with Crippen molar-refractivity contribution < 1.29 is 28.6 Å². The number of aromatic nitrogens is 1. The Labute approximate surface area is 195 Å². The Morgan fingerprint density at radius 3 is 2.21 bits per heavy atom. The molecule has 34 heavy (non-hydrogen) atoms. The second kappa shape index (κ2) is 8.88. The van der Waals surface area contributed by atoms with Gasteiger partial charge in [-0.15, -0.1) is 0 Å². The molecule has 0 atom stereocenters. The summed E-state index contributed by atoms with van der Waals surface area (Å²) in [6.45, 7) is 5.60. The number of amides is 2. The molecule has 0 bridgehead atoms. The molecule has 11 heteroatoms. The highest BCUT2D eigenvalue weighted by atomic mass is 16.6. The third kappa shape index (κ3) is 4.25. The first-order valence-electron chi connectivity index (χ1n) is 11.0. The molecule has 2 aromatic rings. The normalized spacial score (nSPS) is 17.1. The van der Waals surface area contributed by atoms with Crippen molar-refractivity contribution in [3.63, 3.8) is 0 Å². The van der Waals surface area contributed by atoms with Gasteiger partial charge in [-0.1, -0.05) is 5.16 Å². The molecule has 2 aliphatic rings. The van der Waals surface area contributed by atoms with Crippen LogP contribution in [0.2, 0.25) is 0 Å². The number of likely N-dealkylation sites (tertiary alicyclic amines) is 2. The Hall–Kier alpha value is -3.76. The number of ether oxygens (including phenoxy) is 1. The smallest absolute Gasteiger partial charge is 0.338 e. The number of non-ortho nitro benzene ring substituents is 1. The molecule has 0 unspecified atom stereocenters. The minimum Gasteiger partial charge on any atom is -0.465 e. The monoisotopic (exact) mass is 470 g/mol. The molecule has 2 amide bonds. The Bertz CT molecular complexity index is 1140. The number of nitro groups is 1. The molecule has 2 aliphatic heterocycles. The van der Waals surface area contributed by atoms with Crippen LogP contribution in [0.15, 0.2) is 22.7 Å². The van der Waals surface area contributed by atoms with Gasteiger partial charge in [0.15, 0.2) is 0 Å². The van der Waals surface area contributed by atoms with Gasteiger partial charge < -0.3 is 19.1 Å². The fourth-order valence-corrected chi connectivity index (χ4v) is 4.91. The summed E-state index contributed by atoms with van der Waals surface area (Å²) >= 11 is 0. The first-order valence-corrected chi connectivity index (χ1v) is 11.0. The summed E-state index contributed by atoms with van der Waals surface area (Å²) in [5, 5.41) is 15.2. The van der Waals surface area contributed by atoms with E-state index in [-0.39, 0.29) is 34.0 Å². The first kappa shape index (κ1) is 23.4. The average molecular weight is 470 g/mol. The van der Waals surface area contributed by atoms with E-state index in [0.717, 1.165) is 25.3 Å². The minimum atomic E-state index is -0.744. The van der Waals surface area contributed by atoms with Crippen LogP contribution in [-0.2, 0) is 4.74 Å². The maximum Gasteiger partial charge on any atom is 0.338 e. The lowest BCUT2D eigenvalue weighted by Crippen LogP contribution is -2.45. The molecule has 1 aromatic heterocycles. The van der Waals surface area contributed by atoms with Crippen molar-refractivity contribution in [2.45, 2.75) is 33.1 Å². The second-order valence-corrected chi connectivity index (χ2v) is 8.99. The van der Waals surface area contributed by atoms with Crippen LogP contribution in [0, 0.1) is 29.4 Å². The van der Waals surface area contributed by atoms with Crippen LogP contribution in [0.5, 0.6) is 0 Å². The topological polar surface area (TPSA) is 136 Å². The van der Waals surface area contributed by atoms with Crippen molar-refractivity contribution >= 4 is 23.5 Å². The standard InChI is InChI=1S/C23H26N4O7/c1-14-19(15(2)34-24-14)21(29)25-7-4-23(5-8-25)6-9-26(13-23)20(28)16-10-17(22(30)33-3)12-18(11-16)27(31)32/h10-12H,4-9,13H2,1-3H3. The summed E-state index contributed by atoms with van der Waals surface area (Å²) < 4.78 is 9.79. The molecule has 1 spiro atoms. The van der Waals surface area contributed by atoms with Gasteiger partial charge in [0.2, 0.25) is 0 Å². The van der Waals surface area contributed by atoms with E-state index < -0.39 is 10.9 Å². The molecular weight excluding hydrogens is 444 g/mol. The number of esters is 1. The molecule has 3 heterocycles. The lowest BCUT2D eigenvalue weighted by atomic mass is 9.77. The highest BCUT2D eigenvalue weighted by Gasteiger charge is 2.43. The second-order valence-electron chi connectivity index (χ2n) is 8.99. The van der Waals surface area contributed by atoms with Crippen LogP contribution in [0.1, 0.15) is 61.8 Å². The van der Waals surface area contributed by atoms with Gasteiger partial charge >= 0.3 is 5.97 Å². The van der Waals surface area contributed by atoms with Crippen molar-refractivity contribution in [3.05, 3.63) is 56.5 Å². The Balaban J connectivity index is 1.45. The van der Waals surface area contributed by atoms with Crippen LogP contribution >= 0.6 is 0 Å². The number of benzene rings is 1. The number of nitrogens with zero attached hydrogens (tertiary/aromatic N) is 4. The predicted molar refractivity (Wildman–Crippen MR) is 119 cm³/mol. The highest BCUT2D eigenvalue weighted by Crippen LogP contribution is 2.41. The molecule has 0 aliphatic carbocycles. The minimum absolute atomic E-state index is 0.0416. The van der Waals surface area contributed by atoms with Crippen LogP contribution < -0.4 is 0 Å². The number of piperidine rings is 1.